The molecule has 0 fully saturated rings. The van der Waals surface area contributed by atoms with Gasteiger partial charge in [-0.1, -0.05) is 13.8 Å². The molecule has 2 aromatic carbocycles. The van der Waals surface area contributed by atoms with E-state index in [1.165, 1.54) is 12.1 Å². The number of fused-ring (bicyclic) bond motifs is 2. The molecule has 0 unspecified atom stereocenters. The Kier molecular flexibility index (Phi) is 4.54. The third-order valence-electron chi connectivity index (χ3n) is 5.28. The second-order valence-electron chi connectivity index (χ2n) is 6.80. The molecule has 1 aliphatic rings. The van der Waals surface area contributed by atoms with Gasteiger partial charge in [0.1, 0.15) is 11.5 Å². The summed E-state index contributed by atoms with van der Waals surface area (Å²) in [7, 11) is 0. The zero-order valence-electron chi connectivity index (χ0n) is 15.3. The van der Waals surface area contributed by atoms with Crippen LogP contribution in [-0.4, -0.2) is 44.3 Å². The molecule has 1 aliphatic heterocycles. The fraction of sp³-hybridized carbons (Fsp3) is 0.200. The van der Waals surface area contributed by atoms with Gasteiger partial charge in [0.2, 0.25) is 0 Å². The predicted octanol–water partition coefficient (Wildman–Crippen LogP) is 3.30. The fourth-order valence-electron chi connectivity index (χ4n) is 3.54. The Hall–Kier alpha value is -3.88. The van der Waals surface area contributed by atoms with Crippen molar-refractivity contribution in [1.82, 2.24) is 0 Å². The van der Waals surface area contributed by atoms with Gasteiger partial charge in [-0.2, -0.15) is 0 Å². The van der Waals surface area contributed by atoms with Crippen molar-refractivity contribution < 1.29 is 44.3 Å². The number of carboxylic acids is 4. The minimum absolute atomic E-state index is 0.0728. The van der Waals surface area contributed by atoms with Crippen LogP contribution in [0.5, 0.6) is 11.5 Å². The summed E-state index contributed by atoms with van der Waals surface area (Å²) in [6.07, 6.45) is 0.382. The van der Waals surface area contributed by atoms with Gasteiger partial charge in [-0.15, -0.1) is 0 Å². The first-order valence-electron chi connectivity index (χ1n) is 8.49. The molecule has 2 aromatic rings. The molecule has 150 valence electrons. The molecule has 0 aromatic heterocycles. The van der Waals surface area contributed by atoms with Crippen LogP contribution in [0.4, 0.5) is 0 Å². The highest BCUT2D eigenvalue weighted by atomic mass is 16.5. The van der Waals surface area contributed by atoms with Gasteiger partial charge in [0, 0.05) is 16.5 Å². The molecule has 3 rings (SSSR count). The van der Waals surface area contributed by atoms with Crippen molar-refractivity contribution in [2.75, 3.05) is 0 Å². The number of hydrogen-bond acceptors (Lipinski definition) is 5. The fourth-order valence-corrected chi connectivity index (χ4v) is 3.54. The van der Waals surface area contributed by atoms with Gasteiger partial charge >= 0.3 is 23.9 Å². The SMILES string of the molecule is CCC1(C)c2cc(C(=O)O)c(C(=O)O)cc2Oc2cc(C(=O)O)c(C(=O)O)cc21. The zero-order chi connectivity index (χ0) is 21.7. The second kappa shape index (κ2) is 6.62. The smallest absolute Gasteiger partial charge is 0.336 e. The first-order valence-corrected chi connectivity index (χ1v) is 8.49. The average Bonchev–Trinajstić information content (AvgIpc) is 2.65. The molecule has 0 saturated heterocycles. The summed E-state index contributed by atoms with van der Waals surface area (Å²) < 4.78 is 5.71. The van der Waals surface area contributed by atoms with Gasteiger partial charge in [0.25, 0.3) is 0 Å². The number of ether oxygens (including phenoxy) is 1. The number of aromatic carboxylic acids is 4. The van der Waals surface area contributed by atoms with Crippen molar-refractivity contribution in [1.29, 1.82) is 0 Å². The average molecular weight is 400 g/mol. The Morgan fingerprint density at radius 1 is 0.724 bits per heavy atom. The molecule has 0 bridgehead atoms. The van der Waals surface area contributed by atoms with Gasteiger partial charge in [0.05, 0.1) is 22.3 Å². The third-order valence-corrected chi connectivity index (χ3v) is 5.28. The Morgan fingerprint density at radius 2 is 1.03 bits per heavy atom. The normalized spacial score (nSPS) is 13.6. The van der Waals surface area contributed by atoms with E-state index >= 15 is 0 Å². The van der Waals surface area contributed by atoms with E-state index in [1.807, 2.05) is 0 Å². The van der Waals surface area contributed by atoms with Gasteiger partial charge in [0.15, 0.2) is 0 Å². The maximum Gasteiger partial charge on any atom is 0.336 e. The lowest BCUT2D eigenvalue weighted by Gasteiger charge is -2.37. The van der Waals surface area contributed by atoms with Gasteiger partial charge < -0.3 is 25.2 Å². The van der Waals surface area contributed by atoms with Crippen molar-refractivity contribution in [3.05, 3.63) is 57.6 Å². The van der Waals surface area contributed by atoms with E-state index in [9.17, 15) is 39.6 Å². The highest BCUT2D eigenvalue weighted by Gasteiger charge is 2.40. The summed E-state index contributed by atoms with van der Waals surface area (Å²) in [6.45, 7) is 3.52. The van der Waals surface area contributed by atoms with E-state index in [0.717, 1.165) is 12.1 Å². The van der Waals surface area contributed by atoms with Crippen LogP contribution < -0.4 is 4.74 Å². The molecule has 0 aliphatic carbocycles. The van der Waals surface area contributed by atoms with Crippen LogP contribution in [0.15, 0.2) is 24.3 Å². The molecular formula is C20H16O9. The Bertz CT molecular complexity index is 1020. The molecule has 1 heterocycles. The number of carbonyl (C=O) groups is 4. The highest BCUT2D eigenvalue weighted by Crippen LogP contribution is 2.51. The number of hydrogen-bond donors (Lipinski definition) is 4. The Labute approximate surface area is 163 Å². The van der Waals surface area contributed by atoms with E-state index in [0.29, 0.717) is 17.5 Å². The van der Waals surface area contributed by atoms with E-state index in [2.05, 4.69) is 0 Å². The quantitative estimate of drug-likeness (QED) is 0.590. The monoisotopic (exact) mass is 400 g/mol. The molecule has 0 saturated carbocycles. The zero-order valence-corrected chi connectivity index (χ0v) is 15.3. The van der Waals surface area contributed by atoms with Crippen LogP contribution in [0.25, 0.3) is 0 Å². The van der Waals surface area contributed by atoms with Crippen LogP contribution in [0.3, 0.4) is 0 Å². The molecule has 29 heavy (non-hydrogen) atoms. The second-order valence-corrected chi connectivity index (χ2v) is 6.80. The molecular weight excluding hydrogens is 384 g/mol. The predicted molar refractivity (Wildman–Crippen MR) is 97.5 cm³/mol. The van der Waals surface area contributed by atoms with Gasteiger partial charge in [-0.05, 0) is 30.7 Å². The van der Waals surface area contributed by atoms with E-state index in [4.69, 9.17) is 4.74 Å². The molecule has 9 nitrogen and oxygen atoms in total. The van der Waals surface area contributed by atoms with Crippen molar-refractivity contribution in [3.63, 3.8) is 0 Å². The van der Waals surface area contributed by atoms with Gasteiger partial charge in [-0.3, -0.25) is 0 Å². The molecule has 0 atom stereocenters. The maximum atomic E-state index is 11.6. The first kappa shape index (κ1) is 19.9. The van der Waals surface area contributed by atoms with Gasteiger partial charge in [-0.25, -0.2) is 19.2 Å². The van der Waals surface area contributed by atoms with E-state index in [1.54, 1.807) is 13.8 Å². The van der Waals surface area contributed by atoms with Crippen molar-refractivity contribution in [3.8, 4) is 11.5 Å². The van der Waals surface area contributed by atoms with E-state index in [-0.39, 0.29) is 11.5 Å². The van der Waals surface area contributed by atoms with Crippen molar-refractivity contribution >= 4 is 23.9 Å². The van der Waals surface area contributed by atoms with Crippen LogP contribution in [-0.2, 0) is 5.41 Å². The first-order chi connectivity index (χ1) is 13.5. The maximum absolute atomic E-state index is 11.6. The van der Waals surface area contributed by atoms with Crippen LogP contribution >= 0.6 is 0 Å². The standard InChI is InChI=1S/C20H16O9/c1-3-20(2)12-4-8(16(21)22)10(18(25)26)6-14(12)29-15-7-11(19(27)28)9(17(23)24)5-13(15)20/h4-7H,3H2,1-2H3,(H,21,22)(H,23,24)(H,25,26)(H,27,28). The lowest BCUT2D eigenvalue weighted by molar-refractivity contribution is 0.0650. The summed E-state index contributed by atoms with van der Waals surface area (Å²) in [5, 5.41) is 37.5. The third kappa shape index (κ3) is 2.96. The number of rotatable bonds is 5. The lowest BCUT2D eigenvalue weighted by atomic mass is 9.70. The minimum Gasteiger partial charge on any atom is -0.478 e. The van der Waals surface area contributed by atoms with Crippen LogP contribution in [0, 0.1) is 0 Å². The largest absolute Gasteiger partial charge is 0.478 e. The van der Waals surface area contributed by atoms with Crippen molar-refractivity contribution in [2.45, 2.75) is 25.7 Å². The van der Waals surface area contributed by atoms with Crippen molar-refractivity contribution in [2.24, 2.45) is 0 Å². The van der Waals surface area contributed by atoms with Crippen LogP contribution in [0.1, 0.15) is 72.8 Å². The highest BCUT2D eigenvalue weighted by molar-refractivity contribution is 6.04. The minimum atomic E-state index is -1.45. The Morgan fingerprint density at radius 3 is 1.31 bits per heavy atom. The molecule has 9 heteroatoms. The molecule has 0 amide bonds. The summed E-state index contributed by atoms with van der Waals surface area (Å²) in [5.74, 6) is -5.62. The topological polar surface area (TPSA) is 158 Å². The molecule has 0 spiro atoms. The van der Waals surface area contributed by atoms with Crippen LogP contribution in [0.2, 0.25) is 0 Å². The lowest BCUT2D eigenvalue weighted by Crippen LogP contribution is -2.29. The number of carboxylic acid groups (broad SMARTS) is 4. The summed E-state index contributed by atoms with van der Waals surface area (Å²) in [4.78, 5) is 46.1. The summed E-state index contributed by atoms with van der Waals surface area (Å²) in [6, 6.07) is 4.59. The molecule has 0 radical (unpaired) electrons. The summed E-state index contributed by atoms with van der Waals surface area (Å²) >= 11 is 0. The Balaban J connectivity index is 2.36. The summed E-state index contributed by atoms with van der Waals surface area (Å²) in [5.41, 5.74) is -2.00. The molecule has 4 N–H and O–H groups in total. The van der Waals surface area contributed by atoms with E-state index < -0.39 is 51.5 Å². The number of benzene rings is 2.